The van der Waals surface area contributed by atoms with Gasteiger partial charge in [-0.25, -0.2) is 9.78 Å². The second kappa shape index (κ2) is 7.47. The SMILES string of the molecule is COC(=O)Nc1nc2ccc(C(=O)NCc3ccc4c(c3)B(O)OC4(C)C)cc2[nH]1. The quantitative estimate of drug-likeness (QED) is 0.487. The summed E-state index contributed by atoms with van der Waals surface area (Å²) in [5.41, 5.74) is 3.62. The zero-order valence-electron chi connectivity index (χ0n) is 16.8. The van der Waals surface area contributed by atoms with Crippen molar-refractivity contribution in [1.82, 2.24) is 15.3 Å². The molecule has 154 valence electrons. The van der Waals surface area contributed by atoms with Gasteiger partial charge in [0.05, 0.1) is 23.7 Å². The Hall–Kier alpha value is -3.37. The number of carbonyl (C=O) groups is 2. The van der Waals surface area contributed by atoms with Crippen LogP contribution in [0.1, 0.15) is 35.3 Å². The number of imidazole rings is 1. The first-order valence-corrected chi connectivity index (χ1v) is 9.39. The molecule has 1 aliphatic heterocycles. The molecule has 1 aliphatic rings. The number of hydrogen-bond acceptors (Lipinski definition) is 6. The van der Waals surface area contributed by atoms with Crippen LogP contribution in [0.3, 0.4) is 0 Å². The molecule has 0 fully saturated rings. The molecule has 0 unspecified atom stereocenters. The van der Waals surface area contributed by atoms with Gasteiger partial charge in [-0.05, 0) is 48.6 Å². The summed E-state index contributed by atoms with van der Waals surface area (Å²) in [6, 6.07) is 10.7. The summed E-state index contributed by atoms with van der Waals surface area (Å²) < 4.78 is 10.1. The van der Waals surface area contributed by atoms with Crippen molar-refractivity contribution in [2.24, 2.45) is 0 Å². The van der Waals surface area contributed by atoms with Crippen LogP contribution in [0.15, 0.2) is 36.4 Å². The van der Waals surface area contributed by atoms with Gasteiger partial charge in [-0.1, -0.05) is 18.2 Å². The number of nitrogens with zero attached hydrogens (tertiary/aromatic N) is 1. The van der Waals surface area contributed by atoms with Crippen LogP contribution in [0.4, 0.5) is 10.7 Å². The molecule has 10 heteroatoms. The number of aromatic amines is 1. The zero-order chi connectivity index (χ0) is 21.5. The molecule has 2 heterocycles. The summed E-state index contributed by atoms with van der Waals surface area (Å²) in [5.74, 6) is -0.0251. The van der Waals surface area contributed by atoms with Crippen molar-refractivity contribution >= 4 is 41.6 Å². The lowest BCUT2D eigenvalue weighted by molar-refractivity contribution is 0.0949. The predicted octanol–water partition coefficient (Wildman–Crippen LogP) is 1.62. The van der Waals surface area contributed by atoms with E-state index in [0.717, 1.165) is 16.6 Å². The molecular weight excluding hydrogens is 387 g/mol. The highest BCUT2D eigenvalue weighted by Gasteiger charge is 2.40. The molecule has 0 bridgehead atoms. The molecule has 4 rings (SSSR count). The van der Waals surface area contributed by atoms with E-state index in [1.165, 1.54) is 7.11 Å². The fourth-order valence-corrected chi connectivity index (χ4v) is 3.52. The van der Waals surface area contributed by atoms with Crippen molar-refractivity contribution in [3.05, 3.63) is 53.1 Å². The van der Waals surface area contributed by atoms with Gasteiger partial charge in [0.25, 0.3) is 5.91 Å². The van der Waals surface area contributed by atoms with Gasteiger partial charge >= 0.3 is 13.2 Å². The number of aromatic nitrogens is 2. The van der Waals surface area contributed by atoms with Gasteiger partial charge in [-0.15, -0.1) is 0 Å². The van der Waals surface area contributed by atoms with Crippen LogP contribution in [-0.4, -0.2) is 41.2 Å². The van der Waals surface area contributed by atoms with E-state index in [4.69, 9.17) is 4.65 Å². The molecule has 4 N–H and O–H groups in total. The summed E-state index contributed by atoms with van der Waals surface area (Å²) in [4.78, 5) is 31.0. The van der Waals surface area contributed by atoms with Crippen LogP contribution in [0.2, 0.25) is 0 Å². The van der Waals surface area contributed by atoms with Gasteiger partial charge in [0.1, 0.15) is 0 Å². The van der Waals surface area contributed by atoms with Crippen LogP contribution in [-0.2, 0) is 21.5 Å². The van der Waals surface area contributed by atoms with Crippen LogP contribution in [0.25, 0.3) is 11.0 Å². The van der Waals surface area contributed by atoms with Gasteiger partial charge in [-0.2, -0.15) is 0 Å². The number of carbonyl (C=O) groups excluding carboxylic acids is 2. The van der Waals surface area contributed by atoms with Crippen molar-refractivity contribution < 1.29 is 24.0 Å². The first-order chi connectivity index (χ1) is 14.3. The molecular formula is C20H21BN4O5. The van der Waals surface area contributed by atoms with E-state index in [1.807, 2.05) is 32.0 Å². The van der Waals surface area contributed by atoms with E-state index in [-0.39, 0.29) is 11.9 Å². The Balaban J connectivity index is 1.46. The summed E-state index contributed by atoms with van der Waals surface area (Å²) in [7, 11) is 0.289. The average Bonchev–Trinajstić information content (AvgIpc) is 3.22. The summed E-state index contributed by atoms with van der Waals surface area (Å²) in [6.07, 6.45) is -0.639. The van der Waals surface area contributed by atoms with Gasteiger partial charge in [-0.3, -0.25) is 10.1 Å². The third-order valence-corrected chi connectivity index (χ3v) is 5.04. The molecule has 0 saturated carbocycles. The molecule has 0 radical (unpaired) electrons. The minimum atomic E-state index is -0.971. The molecule has 2 amide bonds. The van der Waals surface area contributed by atoms with Crippen LogP contribution < -0.4 is 16.1 Å². The molecule has 30 heavy (non-hydrogen) atoms. The molecule has 0 aliphatic carbocycles. The zero-order valence-corrected chi connectivity index (χ0v) is 16.8. The Kier molecular flexibility index (Phi) is 4.96. The monoisotopic (exact) mass is 408 g/mol. The molecule has 3 aromatic rings. The van der Waals surface area contributed by atoms with Gasteiger partial charge in [0, 0.05) is 12.1 Å². The Morgan fingerprint density at radius 3 is 2.83 bits per heavy atom. The summed E-state index contributed by atoms with van der Waals surface area (Å²) in [6.45, 7) is 4.11. The van der Waals surface area contributed by atoms with E-state index in [1.54, 1.807) is 18.2 Å². The van der Waals surface area contributed by atoms with Crippen molar-refractivity contribution in [2.45, 2.75) is 26.0 Å². The number of ether oxygens (including phenoxy) is 1. The smallest absolute Gasteiger partial charge is 0.453 e. The number of fused-ring (bicyclic) bond motifs is 2. The topological polar surface area (TPSA) is 126 Å². The molecule has 2 aromatic carbocycles. The molecule has 0 spiro atoms. The third-order valence-electron chi connectivity index (χ3n) is 5.04. The number of hydrogen-bond donors (Lipinski definition) is 4. The highest BCUT2D eigenvalue weighted by molar-refractivity contribution is 6.62. The Morgan fingerprint density at radius 1 is 1.27 bits per heavy atom. The highest BCUT2D eigenvalue weighted by atomic mass is 16.5. The van der Waals surface area contributed by atoms with Crippen molar-refractivity contribution in [2.75, 3.05) is 12.4 Å². The lowest BCUT2D eigenvalue weighted by atomic mass is 9.77. The first kappa shape index (κ1) is 19.9. The van der Waals surface area contributed by atoms with Gasteiger partial charge in [0.15, 0.2) is 0 Å². The van der Waals surface area contributed by atoms with Crippen molar-refractivity contribution in [3.8, 4) is 0 Å². The summed E-state index contributed by atoms with van der Waals surface area (Å²) in [5, 5.41) is 15.4. The number of rotatable bonds is 4. The van der Waals surface area contributed by atoms with Gasteiger partial charge < -0.3 is 24.7 Å². The lowest BCUT2D eigenvalue weighted by Gasteiger charge is -2.19. The summed E-state index contributed by atoms with van der Waals surface area (Å²) >= 11 is 0. The largest absolute Gasteiger partial charge is 0.492 e. The number of nitrogens with one attached hydrogen (secondary N) is 3. The molecule has 1 aromatic heterocycles. The number of benzene rings is 2. The molecule has 0 saturated heterocycles. The number of anilines is 1. The van der Waals surface area contributed by atoms with E-state index in [0.29, 0.717) is 23.1 Å². The second-order valence-corrected chi connectivity index (χ2v) is 7.52. The first-order valence-electron chi connectivity index (χ1n) is 9.39. The Bertz CT molecular complexity index is 1140. The van der Waals surface area contributed by atoms with E-state index < -0.39 is 18.8 Å². The third kappa shape index (κ3) is 3.74. The van der Waals surface area contributed by atoms with Crippen molar-refractivity contribution in [3.63, 3.8) is 0 Å². The highest BCUT2D eigenvalue weighted by Crippen LogP contribution is 2.29. The maximum Gasteiger partial charge on any atom is 0.492 e. The fourth-order valence-electron chi connectivity index (χ4n) is 3.52. The maximum absolute atomic E-state index is 12.6. The number of amides is 2. The van der Waals surface area contributed by atoms with E-state index in [9.17, 15) is 14.6 Å². The maximum atomic E-state index is 12.6. The minimum Gasteiger partial charge on any atom is -0.453 e. The predicted molar refractivity (Wildman–Crippen MR) is 111 cm³/mol. The van der Waals surface area contributed by atoms with Crippen molar-refractivity contribution in [1.29, 1.82) is 0 Å². The standard InChI is InChI=1S/C20H21BN4O5/c1-20(2)13-6-4-11(8-14(13)21(28)30-20)10-22-17(26)12-5-7-15-16(9-12)24-18(23-15)25-19(27)29-3/h4-9,28H,10H2,1-3H3,(H,22,26)(H2,23,24,25,27). The average molecular weight is 408 g/mol. The molecule has 0 atom stereocenters. The molecule has 9 nitrogen and oxygen atoms in total. The fraction of sp³-hybridized carbons (Fsp3) is 0.250. The number of methoxy groups -OCH3 is 1. The lowest BCUT2D eigenvalue weighted by Crippen LogP contribution is -2.29. The Morgan fingerprint density at radius 2 is 2.07 bits per heavy atom. The van der Waals surface area contributed by atoms with Crippen LogP contribution in [0, 0.1) is 0 Å². The number of H-pyrrole nitrogens is 1. The van der Waals surface area contributed by atoms with E-state index >= 15 is 0 Å². The van der Waals surface area contributed by atoms with Crippen LogP contribution in [0.5, 0.6) is 0 Å². The van der Waals surface area contributed by atoms with Crippen LogP contribution >= 0.6 is 0 Å². The Labute approximate surface area is 172 Å². The van der Waals surface area contributed by atoms with Gasteiger partial charge in [0.2, 0.25) is 5.95 Å². The normalized spacial score (nSPS) is 14.5. The van der Waals surface area contributed by atoms with E-state index in [2.05, 4.69) is 25.3 Å². The minimum absolute atomic E-state index is 0.233. The second-order valence-electron chi connectivity index (χ2n) is 7.52.